The Bertz CT molecular complexity index is 1550. The summed E-state index contributed by atoms with van der Waals surface area (Å²) in [6.07, 6.45) is 1.97. The maximum Gasteiger partial charge on any atom is 0.287 e. The highest BCUT2D eigenvalue weighted by molar-refractivity contribution is 5.99. The number of hydrogen-bond acceptors (Lipinski definition) is 4. The van der Waals surface area contributed by atoms with Crippen LogP contribution in [-0.2, 0) is 0 Å². The highest BCUT2D eigenvalue weighted by Crippen LogP contribution is 2.36. The van der Waals surface area contributed by atoms with E-state index in [9.17, 15) is 9.18 Å². The molecule has 0 saturated carbocycles. The number of carbonyl (C=O) groups is 1. The lowest BCUT2D eigenvalue weighted by Crippen LogP contribution is -2.29. The molecule has 5 aromatic rings. The van der Waals surface area contributed by atoms with Crippen LogP contribution in [0.25, 0.3) is 21.9 Å². The summed E-state index contributed by atoms with van der Waals surface area (Å²) in [7, 11) is 1.61. The molecule has 0 saturated heterocycles. The number of fused-ring (bicyclic) bond motifs is 2. The van der Waals surface area contributed by atoms with Crippen LogP contribution in [0, 0.1) is 12.7 Å². The number of amides is 1. The summed E-state index contributed by atoms with van der Waals surface area (Å²) >= 11 is 0. The van der Waals surface area contributed by atoms with Gasteiger partial charge in [-0.1, -0.05) is 24.3 Å². The Morgan fingerprint density at radius 3 is 2.72 bits per heavy atom. The predicted octanol–water partition coefficient (Wildman–Crippen LogP) is 6.33. The van der Waals surface area contributed by atoms with E-state index in [1.807, 2.05) is 49.5 Å². The SMILES string of the molecule is CCOc1ccc([C@@H](CNC(=O)c2oc3ccc(F)cc3c2C)c2c[nH]c3ccccc23)cc1OC. The van der Waals surface area contributed by atoms with Crippen molar-refractivity contribution in [1.82, 2.24) is 10.3 Å². The number of aryl methyl sites for hydroxylation is 1. The molecule has 0 aliphatic carbocycles. The van der Waals surface area contributed by atoms with E-state index in [0.29, 0.717) is 41.2 Å². The van der Waals surface area contributed by atoms with Gasteiger partial charge in [0.2, 0.25) is 0 Å². The molecule has 7 heteroatoms. The van der Waals surface area contributed by atoms with Crippen LogP contribution in [0.4, 0.5) is 4.39 Å². The van der Waals surface area contributed by atoms with Gasteiger partial charge in [-0.15, -0.1) is 0 Å². The molecule has 0 bridgehead atoms. The number of para-hydroxylation sites is 1. The molecular weight excluding hydrogens is 459 g/mol. The van der Waals surface area contributed by atoms with Crippen LogP contribution in [0.15, 0.2) is 71.3 Å². The van der Waals surface area contributed by atoms with Gasteiger partial charge in [-0.3, -0.25) is 4.79 Å². The van der Waals surface area contributed by atoms with Crippen molar-refractivity contribution in [2.45, 2.75) is 19.8 Å². The van der Waals surface area contributed by atoms with Crippen LogP contribution < -0.4 is 14.8 Å². The van der Waals surface area contributed by atoms with E-state index in [2.05, 4.69) is 16.4 Å². The molecule has 0 unspecified atom stereocenters. The molecule has 6 nitrogen and oxygen atoms in total. The van der Waals surface area contributed by atoms with Crippen LogP contribution in [0.5, 0.6) is 11.5 Å². The van der Waals surface area contributed by atoms with Crippen molar-refractivity contribution in [3.8, 4) is 11.5 Å². The molecule has 0 fully saturated rings. The number of halogens is 1. The number of hydrogen-bond donors (Lipinski definition) is 2. The smallest absolute Gasteiger partial charge is 0.287 e. The number of carbonyl (C=O) groups excluding carboxylic acids is 1. The average Bonchev–Trinajstić information content (AvgIpc) is 3.46. The number of furan rings is 1. The summed E-state index contributed by atoms with van der Waals surface area (Å²) in [6.45, 7) is 4.52. The van der Waals surface area contributed by atoms with Crippen LogP contribution >= 0.6 is 0 Å². The molecule has 2 heterocycles. The number of benzene rings is 3. The van der Waals surface area contributed by atoms with E-state index in [4.69, 9.17) is 13.9 Å². The number of nitrogens with one attached hydrogen (secondary N) is 2. The van der Waals surface area contributed by atoms with Gasteiger partial charge in [0.25, 0.3) is 5.91 Å². The molecule has 0 aliphatic heterocycles. The quantitative estimate of drug-likeness (QED) is 0.269. The zero-order valence-electron chi connectivity index (χ0n) is 20.4. The van der Waals surface area contributed by atoms with Gasteiger partial charge in [-0.05, 0) is 61.4 Å². The second-order valence-corrected chi connectivity index (χ2v) is 8.59. The number of rotatable bonds is 8. The molecule has 36 heavy (non-hydrogen) atoms. The Labute approximate surface area is 208 Å². The molecule has 1 amide bonds. The van der Waals surface area contributed by atoms with Gasteiger partial charge in [-0.25, -0.2) is 4.39 Å². The van der Waals surface area contributed by atoms with E-state index in [1.54, 1.807) is 14.0 Å². The van der Waals surface area contributed by atoms with Gasteiger partial charge in [0.1, 0.15) is 11.4 Å². The van der Waals surface area contributed by atoms with E-state index < -0.39 is 0 Å². The molecule has 0 aliphatic rings. The Morgan fingerprint density at radius 1 is 1.08 bits per heavy atom. The van der Waals surface area contributed by atoms with Gasteiger partial charge in [0.15, 0.2) is 17.3 Å². The van der Waals surface area contributed by atoms with Crippen molar-refractivity contribution in [3.63, 3.8) is 0 Å². The van der Waals surface area contributed by atoms with Crippen molar-refractivity contribution in [1.29, 1.82) is 0 Å². The minimum atomic E-state index is -0.373. The molecule has 2 aromatic heterocycles. The topological polar surface area (TPSA) is 76.5 Å². The van der Waals surface area contributed by atoms with Crippen molar-refractivity contribution in [2.75, 3.05) is 20.3 Å². The largest absolute Gasteiger partial charge is 0.493 e. The summed E-state index contributed by atoms with van der Waals surface area (Å²) in [4.78, 5) is 16.5. The lowest BCUT2D eigenvalue weighted by molar-refractivity contribution is 0.0926. The monoisotopic (exact) mass is 486 g/mol. The lowest BCUT2D eigenvalue weighted by atomic mass is 9.90. The number of aromatic nitrogens is 1. The standard InChI is InChI=1S/C29H27FN2O4/c1-4-35-26-11-9-18(13-27(26)34-3)22(23-16-31-24-8-6-5-7-20(23)24)15-32-29(33)28-17(2)21-14-19(30)10-12-25(21)36-28/h5-14,16,22,31H,4,15H2,1-3H3,(H,32,33)/t22-/m1/s1. The molecule has 0 spiro atoms. The van der Waals surface area contributed by atoms with Gasteiger partial charge < -0.3 is 24.2 Å². The average molecular weight is 487 g/mol. The first-order valence-corrected chi connectivity index (χ1v) is 11.8. The van der Waals surface area contributed by atoms with Crippen LogP contribution in [-0.4, -0.2) is 31.2 Å². The molecule has 184 valence electrons. The minimum Gasteiger partial charge on any atom is -0.493 e. The Kier molecular flexibility index (Phi) is 6.38. The van der Waals surface area contributed by atoms with Gasteiger partial charge >= 0.3 is 0 Å². The molecule has 3 aromatic carbocycles. The molecule has 2 N–H and O–H groups in total. The highest BCUT2D eigenvalue weighted by atomic mass is 19.1. The minimum absolute atomic E-state index is 0.178. The van der Waals surface area contributed by atoms with E-state index in [-0.39, 0.29) is 23.4 Å². The van der Waals surface area contributed by atoms with Crippen molar-refractivity contribution < 1.29 is 23.1 Å². The second-order valence-electron chi connectivity index (χ2n) is 8.59. The third-order valence-electron chi connectivity index (χ3n) is 6.46. The van der Waals surface area contributed by atoms with E-state index in [0.717, 1.165) is 22.0 Å². The van der Waals surface area contributed by atoms with Crippen LogP contribution in [0.1, 0.15) is 40.1 Å². The first-order chi connectivity index (χ1) is 17.5. The van der Waals surface area contributed by atoms with E-state index in [1.165, 1.54) is 18.2 Å². The third-order valence-corrected chi connectivity index (χ3v) is 6.46. The number of H-pyrrole nitrogens is 1. The molecular formula is C29H27FN2O4. The predicted molar refractivity (Wildman–Crippen MR) is 138 cm³/mol. The zero-order chi connectivity index (χ0) is 25.2. The Hall–Kier alpha value is -4.26. The molecule has 5 rings (SSSR count). The first kappa shape index (κ1) is 23.5. The van der Waals surface area contributed by atoms with Crippen molar-refractivity contribution >= 4 is 27.8 Å². The maximum atomic E-state index is 13.7. The fourth-order valence-corrected chi connectivity index (χ4v) is 4.65. The number of methoxy groups -OCH3 is 1. The fraction of sp³-hybridized carbons (Fsp3) is 0.207. The Morgan fingerprint density at radius 2 is 1.92 bits per heavy atom. The maximum absolute atomic E-state index is 13.7. The van der Waals surface area contributed by atoms with Crippen LogP contribution in [0.2, 0.25) is 0 Å². The van der Waals surface area contributed by atoms with Crippen molar-refractivity contribution in [3.05, 3.63) is 95.1 Å². The molecule has 0 radical (unpaired) electrons. The van der Waals surface area contributed by atoms with Gasteiger partial charge in [-0.2, -0.15) is 0 Å². The highest BCUT2D eigenvalue weighted by Gasteiger charge is 2.23. The van der Waals surface area contributed by atoms with E-state index >= 15 is 0 Å². The zero-order valence-corrected chi connectivity index (χ0v) is 20.4. The number of aromatic amines is 1. The summed E-state index contributed by atoms with van der Waals surface area (Å²) in [5, 5.41) is 4.69. The summed E-state index contributed by atoms with van der Waals surface area (Å²) in [6, 6.07) is 18.1. The summed E-state index contributed by atoms with van der Waals surface area (Å²) in [5.74, 6) is 0.555. The third kappa shape index (κ3) is 4.28. The van der Waals surface area contributed by atoms with Gasteiger partial charge in [0, 0.05) is 40.5 Å². The van der Waals surface area contributed by atoms with Crippen molar-refractivity contribution in [2.24, 2.45) is 0 Å². The molecule has 1 atom stereocenters. The first-order valence-electron chi connectivity index (χ1n) is 11.8. The normalized spacial score (nSPS) is 12.1. The summed E-state index contributed by atoms with van der Waals surface area (Å²) in [5.41, 5.74) is 4.10. The second kappa shape index (κ2) is 9.77. The Balaban J connectivity index is 1.50. The summed E-state index contributed by atoms with van der Waals surface area (Å²) < 4.78 is 30.8. The van der Waals surface area contributed by atoms with Crippen LogP contribution in [0.3, 0.4) is 0 Å². The lowest BCUT2D eigenvalue weighted by Gasteiger charge is -2.20. The number of ether oxygens (including phenoxy) is 2. The fourth-order valence-electron chi connectivity index (χ4n) is 4.65. The van der Waals surface area contributed by atoms with Gasteiger partial charge in [0.05, 0.1) is 13.7 Å².